The second-order valence-corrected chi connectivity index (χ2v) is 6.26. The Bertz CT molecular complexity index is 635. The molecule has 2 aliphatic heterocycles. The highest BCUT2D eigenvalue weighted by molar-refractivity contribution is 5.95. The van der Waals surface area contributed by atoms with Crippen LogP contribution in [0.25, 0.3) is 0 Å². The molecule has 1 aromatic rings. The van der Waals surface area contributed by atoms with Crippen molar-refractivity contribution in [3.63, 3.8) is 0 Å². The highest BCUT2D eigenvalue weighted by atomic mass is 35.5. The summed E-state index contributed by atoms with van der Waals surface area (Å²) in [5, 5.41) is 6.06. The van der Waals surface area contributed by atoms with Gasteiger partial charge in [0, 0.05) is 18.3 Å². The van der Waals surface area contributed by atoms with E-state index in [1.54, 1.807) is 23.1 Å². The predicted octanol–water partition coefficient (Wildman–Crippen LogP) is 1.81. The van der Waals surface area contributed by atoms with Gasteiger partial charge in [-0.2, -0.15) is 0 Å². The van der Waals surface area contributed by atoms with Crippen LogP contribution in [0.15, 0.2) is 18.2 Å². The van der Waals surface area contributed by atoms with Crippen molar-refractivity contribution in [2.45, 2.75) is 32.2 Å². The van der Waals surface area contributed by atoms with Crippen LogP contribution in [0.3, 0.4) is 0 Å². The number of carbonyl (C=O) groups is 2. The summed E-state index contributed by atoms with van der Waals surface area (Å²) in [6.45, 7) is 4.32. The molecule has 7 nitrogen and oxygen atoms in total. The highest BCUT2D eigenvalue weighted by Crippen LogP contribution is 2.32. The summed E-state index contributed by atoms with van der Waals surface area (Å²) >= 11 is 0. The Morgan fingerprint density at radius 1 is 1.23 bits per heavy atom. The molecule has 2 heterocycles. The van der Waals surface area contributed by atoms with Crippen LogP contribution in [0, 0.1) is 0 Å². The summed E-state index contributed by atoms with van der Waals surface area (Å²) in [5.74, 6) is 1.08. The van der Waals surface area contributed by atoms with E-state index >= 15 is 0 Å². The number of halogens is 1. The summed E-state index contributed by atoms with van der Waals surface area (Å²) in [6, 6.07) is 5.12. The first-order chi connectivity index (χ1) is 12.2. The minimum absolute atomic E-state index is 0. The van der Waals surface area contributed by atoms with Crippen LogP contribution >= 0.6 is 12.4 Å². The number of benzene rings is 1. The van der Waals surface area contributed by atoms with Crippen LogP contribution in [0.5, 0.6) is 11.5 Å². The third-order valence-electron chi connectivity index (χ3n) is 4.46. The molecule has 0 bridgehead atoms. The Labute approximate surface area is 159 Å². The molecule has 1 aromatic carbocycles. The number of piperidine rings is 1. The van der Waals surface area contributed by atoms with Gasteiger partial charge in [-0.15, -0.1) is 12.4 Å². The molecule has 0 aromatic heterocycles. The van der Waals surface area contributed by atoms with Crippen molar-refractivity contribution in [3.8, 4) is 11.5 Å². The van der Waals surface area contributed by atoms with Gasteiger partial charge in [-0.1, -0.05) is 6.42 Å². The van der Waals surface area contributed by atoms with Gasteiger partial charge >= 0.3 is 0 Å². The highest BCUT2D eigenvalue weighted by Gasteiger charge is 2.26. The number of fused-ring (bicyclic) bond motifs is 1. The minimum Gasteiger partial charge on any atom is -0.486 e. The first-order valence-electron chi connectivity index (χ1n) is 8.89. The molecule has 26 heavy (non-hydrogen) atoms. The summed E-state index contributed by atoms with van der Waals surface area (Å²) < 4.78 is 11.0. The molecule has 0 radical (unpaired) electrons. The maximum atomic E-state index is 12.6. The first-order valence-corrected chi connectivity index (χ1v) is 8.89. The summed E-state index contributed by atoms with van der Waals surface area (Å²) in [7, 11) is 0. The van der Waals surface area contributed by atoms with Gasteiger partial charge in [-0.25, -0.2) is 0 Å². The fraction of sp³-hybridized carbons (Fsp3) is 0.556. The average molecular weight is 384 g/mol. The number of amides is 2. The number of anilines is 1. The van der Waals surface area contributed by atoms with Crippen molar-refractivity contribution in [1.82, 2.24) is 10.2 Å². The Balaban J connectivity index is 0.00000243. The number of rotatable bonds is 5. The topological polar surface area (TPSA) is 79.9 Å². The number of hydrogen-bond donors (Lipinski definition) is 2. The predicted molar refractivity (Wildman–Crippen MR) is 101 cm³/mol. The summed E-state index contributed by atoms with van der Waals surface area (Å²) in [5.41, 5.74) is 0.633. The zero-order valence-corrected chi connectivity index (χ0v) is 15.8. The van der Waals surface area contributed by atoms with Crippen LogP contribution in [0.2, 0.25) is 0 Å². The zero-order chi connectivity index (χ0) is 17.6. The normalized spacial score (nSPS) is 18.4. The number of carbonyl (C=O) groups excluding carboxylic acids is 2. The Hall–Kier alpha value is -1.99. The molecule has 0 spiro atoms. The molecular weight excluding hydrogens is 358 g/mol. The van der Waals surface area contributed by atoms with E-state index in [1.807, 2.05) is 6.92 Å². The maximum Gasteiger partial charge on any atom is 0.243 e. The zero-order valence-electron chi connectivity index (χ0n) is 15.0. The summed E-state index contributed by atoms with van der Waals surface area (Å²) in [4.78, 5) is 26.5. The average Bonchev–Trinajstić information content (AvgIpc) is 2.66. The van der Waals surface area contributed by atoms with Crippen molar-refractivity contribution in [2.75, 3.05) is 38.2 Å². The van der Waals surface area contributed by atoms with Crippen molar-refractivity contribution < 1.29 is 19.1 Å². The van der Waals surface area contributed by atoms with Crippen LogP contribution in [-0.4, -0.2) is 55.6 Å². The van der Waals surface area contributed by atoms with Gasteiger partial charge in [0.05, 0.1) is 12.6 Å². The van der Waals surface area contributed by atoms with Crippen molar-refractivity contribution in [1.29, 1.82) is 0 Å². The molecule has 2 amide bonds. The number of hydrogen-bond acceptors (Lipinski definition) is 5. The van der Waals surface area contributed by atoms with E-state index in [9.17, 15) is 9.59 Å². The molecule has 1 fully saturated rings. The van der Waals surface area contributed by atoms with Gasteiger partial charge in [0.15, 0.2) is 11.5 Å². The second kappa shape index (κ2) is 9.64. The van der Waals surface area contributed by atoms with E-state index in [0.29, 0.717) is 36.9 Å². The van der Waals surface area contributed by atoms with Crippen molar-refractivity contribution >= 4 is 29.9 Å². The third-order valence-corrected chi connectivity index (χ3v) is 4.46. The van der Waals surface area contributed by atoms with E-state index in [0.717, 1.165) is 25.8 Å². The largest absolute Gasteiger partial charge is 0.486 e. The molecule has 2 N–H and O–H groups in total. The lowest BCUT2D eigenvalue weighted by Gasteiger charge is -2.29. The second-order valence-electron chi connectivity index (χ2n) is 6.26. The van der Waals surface area contributed by atoms with Crippen LogP contribution < -0.4 is 20.1 Å². The lowest BCUT2D eigenvalue weighted by molar-refractivity contribution is -0.136. The van der Waals surface area contributed by atoms with E-state index in [-0.39, 0.29) is 36.8 Å². The number of ether oxygens (including phenoxy) is 2. The maximum absolute atomic E-state index is 12.6. The number of nitrogens with one attached hydrogen (secondary N) is 2. The molecular formula is C18H26ClN3O4. The molecule has 0 aliphatic carbocycles. The third kappa shape index (κ3) is 5.02. The lowest BCUT2D eigenvalue weighted by atomic mass is 10.0. The Morgan fingerprint density at radius 2 is 2.00 bits per heavy atom. The van der Waals surface area contributed by atoms with Gasteiger partial charge in [0.2, 0.25) is 11.8 Å². The van der Waals surface area contributed by atoms with Crippen LogP contribution in [0.1, 0.15) is 26.2 Å². The molecule has 0 saturated carbocycles. The first kappa shape index (κ1) is 20.3. The van der Waals surface area contributed by atoms with Gasteiger partial charge < -0.3 is 25.0 Å². The quantitative estimate of drug-likeness (QED) is 0.810. The molecule has 1 atom stereocenters. The fourth-order valence-electron chi connectivity index (χ4n) is 3.12. The summed E-state index contributed by atoms with van der Waals surface area (Å²) in [6.07, 6.45) is 2.98. The van der Waals surface area contributed by atoms with E-state index in [4.69, 9.17) is 9.47 Å². The number of nitrogens with zero attached hydrogens (tertiary/aromatic N) is 1. The monoisotopic (exact) mass is 383 g/mol. The molecule has 1 unspecified atom stereocenters. The van der Waals surface area contributed by atoms with Gasteiger partial charge in [0.1, 0.15) is 13.2 Å². The lowest BCUT2D eigenvalue weighted by Crippen LogP contribution is -2.50. The van der Waals surface area contributed by atoms with Gasteiger partial charge in [-0.05, 0) is 38.4 Å². The SMILES string of the molecule is CCN(CC(=O)Nc1ccc2c(c1)OCCO2)C(=O)C1CCCCN1.Cl. The fourth-order valence-corrected chi connectivity index (χ4v) is 3.12. The van der Waals surface area contributed by atoms with Gasteiger partial charge in [0.25, 0.3) is 0 Å². The van der Waals surface area contributed by atoms with Crippen molar-refractivity contribution in [3.05, 3.63) is 18.2 Å². The Morgan fingerprint density at radius 3 is 2.69 bits per heavy atom. The van der Waals surface area contributed by atoms with Gasteiger partial charge in [-0.3, -0.25) is 9.59 Å². The Kier molecular flexibility index (Phi) is 7.53. The molecule has 8 heteroatoms. The number of likely N-dealkylation sites (N-methyl/N-ethyl adjacent to an activating group) is 1. The molecule has 1 saturated heterocycles. The smallest absolute Gasteiger partial charge is 0.243 e. The minimum atomic E-state index is -0.220. The molecule has 3 rings (SSSR count). The standard InChI is InChI=1S/C18H25N3O4.ClH/c1-2-21(18(23)14-5-3-4-8-19-14)12-17(22)20-13-6-7-15-16(11-13)25-10-9-24-15;/h6-7,11,14,19H,2-5,8-10,12H2,1H3,(H,20,22);1H. The van der Waals surface area contributed by atoms with Crippen LogP contribution in [-0.2, 0) is 9.59 Å². The van der Waals surface area contributed by atoms with Crippen molar-refractivity contribution in [2.24, 2.45) is 0 Å². The van der Waals surface area contributed by atoms with E-state index < -0.39 is 0 Å². The molecule has 2 aliphatic rings. The van der Waals surface area contributed by atoms with E-state index in [2.05, 4.69) is 10.6 Å². The van der Waals surface area contributed by atoms with E-state index in [1.165, 1.54) is 0 Å². The van der Waals surface area contributed by atoms with Crippen LogP contribution in [0.4, 0.5) is 5.69 Å². The molecule has 144 valence electrons.